The largest absolute Gasteiger partial charge is 0.385 e. The van der Waals surface area contributed by atoms with Crippen molar-refractivity contribution in [3.63, 3.8) is 0 Å². The topological polar surface area (TPSA) is 42.5 Å². The second-order valence-corrected chi connectivity index (χ2v) is 10.8. The summed E-state index contributed by atoms with van der Waals surface area (Å²) in [6.45, 7) is 3.87. The van der Waals surface area contributed by atoms with Gasteiger partial charge in [-0.15, -0.1) is 0 Å². The Labute approximate surface area is 204 Å². The maximum absolute atomic E-state index is 11.2. The van der Waals surface area contributed by atoms with Gasteiger partial charge >= 0.3 is 0 Å². The van der Waals surface area contributed by atoms with Crippen LogP contribution in [0.3, 0.4) is 0 Å². The number of aliphatic hydroxyl groups is 1. The maximum atomic E-state index is 11.2. The van der Waals surface area contributed by atoms with Crippen molar-refractivity contribution in [3.8, 4) is 0 Å². The predicted octanol–water partition coefficient (Wildman–Crippen LogP) is 5.33. The highest BCUT2D eigenvalue weighted by Gasteiger charge is 2.37. The standard InChI is InChI=1S/C27H29Cl2N3O/c1-31-15-17(16-32-11-9-27(33,10-12-32)18-5-7-19(28)8-6-18)13-21-20-3-2-4-23-25(20)22(14-24(21)31)26(29)30-23/h2-8,13,17,24,30,33H,9-12,14-16H2,1H3/t17-,24-/m1/s1. The van der Waals surface area contributed by atoms with Crippen molar-refractivity contribution in [2.24, 2.45) is 5.92 Å². The van der Waals surface area contributed by atoms with Crippen molar-refractivity contribution < 1.29 is 5.11 Å². The minimum absolute atomic E-state index is 0.379. The molecule has 0 bridgehead atoms. The lowest BCUT2D eigenvalue weighted by Gasteiger charge is -2.43. The first kappa shape index (κ1) is 21.7. The van der Waals surface area contributed by atoms with E-state index in [1.165, 1.54) is 22.1 Å². The number of halogens is 2. The van der Waals surface area contributed by atoms with Gasteiger partial charge in [0.15, 0.2) is 0 Å². The van der Waals surface area contributed by atoms with Gasteiger partial charge < -0.3 is 15.0 Å². The highest BCUT2D eigenvalue weighted by Crippen LogP contribution is 2.43. The number of nitrogens with zero attached hydrogens (tertiary/aromatic N) is 2. The van der Waals surface area contributed by atoms with E-state index < -0.39 is 5.60 Å². The summed E-state index contributed by atoms with van der Waals surface area (Å²) in [4.78, 5) is 8.38. The van der Waals surface area contributed by atoms with Gasteiger partial charge in [0, 0.05) is 54.1 Å². The number of likely N-dealkylation sites (tertiary alicyclic amines) is 1. The van der Waals surface area contributed by atoms with E-state index in [9.17, 15) is 5.11 Å². The molecule has 1 fully saturated rings. The molecule has 2 atom stereocenters. The van der Waals surface area contributed by atoms with Crippen LogP contribution in [-0.4, -0.2) is 59.2 Å². The summed E-state index contributed by atoms with van der Waals surface area (Å²) in [5.74, 6) is 0.467. The number of hydrogen-bond donors (Lipinski definition) is 2. The van der Waals surface area contributed by atoms with Crippen LogP contribution in [0, 0.1) is 5.92 Å². The molecule has 4 nitrogen and oxygen atoms in total. The molecule has 0 radical (unpaired) electrons. The van der Waals surface area contributed by atoms with E-state index in [2.05, 4.69) is 46.1 Å². The zero-order valence-corrected chi connectivity index (χ0v) is 20.3. The first-order chi connectivity index (χ1) is 15.9. The molecule has 1 aliphatic carbocycles. The number of piperidine rings is 1. The minimum Gasteiger partial charge on any atom is -0.385 e. The number of nitrogens with one attached hydrogen (secondary N) is 1. The van der Waals surface area contributed by atoms with Gasteiger partial charge in [-0.3, -0.25) is 4.90 Å². The van der Waals surface area contributed by atoms with Gasteiger partial charge in [-0.2, -0.15) is 0 Å². The fourth-order valence-corrected chi connectivity index (χ4v) is 6.59. The van der Waals surface area contributed by atoms with Crippen molar-refractivity contribution >= 4 is 39.7 Å². The van der Waals surface area contributed by atoms with Gasteiger partial charge in [0.25, 0.3) is 0 Å². The van der Waals surface area contributed by atoms with Crippen LogP contribution >= 0.6 is 23.2 Å². The summed E-state index contributed by atoms with van der Waals surface area (Å²) in [5.41, 5.74) is 5.38. The zero-order chi connectivity index (χ0) is 22.7. The van der Waals surface area contributed by atoms with Crippen molar-refractivity contribution in [2.75, 3.05) is 33.2 Å². The molecule has 2 N–H and O–H groups in total. The Bertz CT molecular complexity index is 1220. The lowest BCUT2D eigenvalue weighted by Crippen LogP contribution is -2.48. The summed E-state index contributed by atoms with van der Waals surface area (Å²) >= 11 is 12.6. The maximum Gasteiger partial charge on any atom is 0.110 e. The van der Waals surface area contributed by atoms with E-state index in [4.69, 9.17) is 23.2 Å². The van der Waals surface area contributed by atoms with E-state index in [-0.39, 0.29) is 0 Å². The predicted molar refractivity (Wildman–Crippen MR) is 136 cm³/mol. The Morgan fingerprint density at radius 1 is 1.09 bits per heavy atom. The molecule has 0 unspecified atom stereocenters. The number of fused-ring (bicyclic) bond motifs is 2. The average molecular weight is 482 g/mol. The van der Waals surface area contributed by atoms with Crippen LogP contribution in [0.5, 0.6) is 0 Å². The molecule has 3 heterocycles. The van der Waals surface area contributed by atoms with Crippen LogP contribution in [0.1, 0.15) is 29.5 Å². The van der Waals surface area contributed by atoms with Gasteiger partial charge in [0.2, 0.25) is 0 Å². The third-order valence-corrected chi connectivity index (χ3v) is 8.54. The lowest BCUT2D eigenvalue weighted by atomic mass is 9.79. The van der Waals surface area contributed by atoms with Gasteiger partial charge in [-0.05, 0) is 66.8 Å². The van der Waals surface area contributed by atoms with Crippen molar-refractivity contribution in [1.82, 2.24) is 14.8 Å². The quantitative estimate of drug-likeness (QED) is 0.531. The Morgan fingerprint density at radius 3 is 2.61 bits per heavy atom. The fourth-order valence-electron chi connectivity index (χ4n) is 6.19. The van der Waals surface area contributed by atoms with Crippen molar-refractivity contribution in [2.45, 2.75) is 30.9 Å². The van der Waals surface area contributed by atoms with E-state index in [1.54, 1.807) is 0 Å². The number of likely N-dealkylation sites (N-methyl/N-ethyl adjacent to an activating group) is 1. The van der Waals surface area contributed by atoms with Gasteiger partial charge in [-0.1, -0.05) is 53.5 Å². The first-order valence-corrected chi connectivity index (χ1v) is 12.6. The van der Waals surface area contributed by atoms with Crippen LogP contribution in [0.2, 0.25) is 10.2 Å². The molecule has 1 saturated heterocycles. The molecular formula is C27H29Cl2N3O. The molecule has 172 valence electrons. The molecule has 0 spiro atoms. The zero-order valence-electron chi connectivity index (χ0n) is 18.8. The molecule has 3 aliphatic rings. The third kappa shape index (κ3) is 3.73. The first-order valence-electron chi connectivity index (χ1n) is 11.8. The number of aromatic nitrogens is 1. The van der Waals surface area contributed by atoms with Gasteiger partial charge in [-0.25, -0.2) is 0 Å². The molecule has 6 heteroatoms. The number of hydrogen-bond acceptors (Lipinski definition) is 3. The number of H-pyrrole nitrogens is 1. The molecule has 0 amide bonds. The van der Waals surface area contributed by atoms with Gasteiger partial charge in [0.1, 0.15) is 5.15 Å². The van der Waals surface area contributed by atoms with Gasteiger partial charge in [0.05, 0.1) is 5.60 Å². The minimum atomic E-state index is -0.753. The van der Waals surface area contributed by atoms with E-state index in [0.717, 1.165) is 61.7 Å². The molecule has 3 aromatic rings. The summed E-state index contributed by atoms with van der Waals surface area (Å²) in [5, 5.41) is 14.0. The molecular weight excluding hydrogens is 453 g/mol. The summed E-state index contributed by atoms with van der Waals surface area (Å²) in [7, 11) is 2.24. The van der Waals surface area contributed by atoms with Crippen LogP contribution in [0.15, 0.2) is 48.5 Å². The SMILES string of the molecule is CN1C[C@H](CN2CCC(O)(c3ccc(Cl)cc3)CC2)C=C2c3cccc4[nH]c(Cl)c(c34)C[C@H]21. The second kappa shape index (κ2) is 8.14. The van der Waals surface area contributed by atoms with E-state index in [1.807, 2.05) is 24.3 Å². The highest BCUT2D eigenvalue weighted by molar-refractivity contribution is 6.32. The molecule has 2 aliphatic heterocycles. The van der Waals surface area contributed by atoms with Crippen LogP contribution in [-0.2, 0) is 12.0 Å². The Balaban J connectivity index is 1.21. The van der Waals surface area contributed by atoms with Crippen LogP contribution < -0.4 is 0 Å². The molecule has 6 rings (SSSR count). The molecule has 33 heavy (non-hydrogen) atoms. The average Bonchev–Trinajstić information content (AvgIpc) is 3.13. The number of aromatic amines is 1. The Morgan fingerprint density at radius 2 is 1.85 bits per heavy atom. The number of benzene rings is 2. The highest BCUT2D eigenvalue weighted by atomic mass is 35.5. The smallest absolute Gasteiger partial charge is 0.110 e. The van der Waals surface area contributed by atoms with Crippen molar-refractivity contribution in [3.05, 3.63) is 75.4 Å². The Hall–Kier alpha value is -1.82. The second-order valence-electron chi connectivity index (χ2n) is 10.0. The number of rotatable bonds is 3. The fraction of sp³-hybridized carbons (Fsp3) is 0.407. The normalized spacial score (nSPS) is 25.2. The van der Waals surface area contributed by atoms with Crippen LogP contribution in [0.25, 0.3) is 16.5 Å². The summed E-state index contributed by atoms with van der Waals surface area (Å²) in [6, 6.07) is 14.5. The van der Waals surface area contributed by atoms with E-state index >= 15 is 0 Å². The van der Waals surface area contributed by atoms with Crippen LogP contribution in [0.4, 0.5) is 0 Å². The summed E-state index contributed by atoms with van der Waals surface area (Å²) in [6.07, 6.45) is 4.98. The molecule has 1 aromatic heterocycles. The Kier molecular flexibility index (Phi) is 5.35. The van der Waals surface area contributed by atoms with Crippen molar-refractivity contribution in [1.29, 1.82) is 0 Å². The molecule has 2 aromatic carbocycles. The van der Waals surface area contributed by atoms with E-state index in [0.29, 0.717) is 17.0 Å². The summed E-state index contributed by atoms with van der Waals surface area (Å²) < 4.78 is 0. The third-order valence-electron chi connectivity index (χ3n) is 7.97. The lowest BCUT2D eigenvalue weighted by molar-refractivity contribution is -0.0285. The monoisotopic (exact) mass is 481 g/mol. The molecule has 0 saturated carbocycles.